The molecule has 0 saturated heterocycles. The van der Waals surface area contributed by atoms with Crippen molar-refractivity contribution < 1.29 is 9.66 Å². The summed E-state index contributed by atoms with van der Waals surface area (Å²) in [5, 5.41) is 14.1. The predicted molar refractivity (Wildman–Crippen MR) is 67.6 cm³/mol. The van der Waals surface area contributed by atoms with E-state index in [4.69, 9.17) is 4.74 Å². The predicted octanol–water partition coefficient (Wildman–Crippen LogP) is 3.20. The molecule has 0 saturated carbocycles. The van der Waals surface area contributed by atoms with E-state index in [1.165, 1.54) is 0 Å². The largest absolute Gasteiger partial charge is 0.484 e. The maximum atomic E-state index is 11.1. The summed E-state index contributed by atoms with van der Waals surface area (Å²) >= 11 is 0. The third kappa shape index (κ3) is 3.62. The zero-order valence-electron chi connectivity index (χ0n) is 10.6. The van der Waals surface area contributed by atoms with Crippen LogP contribution in [0.25, 0.3) is 0 Å². The first-order valence-corrected chi connectivity index (χ1v) is 5.62. The highest BCUT2D eigenvalue weighted by atomic mass is 16.6. The molecule has 0 radical (unpaired) electrons. The van der Waals surface area contributed by atoms with Gasteiger partial charge in [0.2, 0.25) is 0 Å². The zero-order valence-corrected chi connectivity index (χ0v) is 10.6. The van der Waals surface area contributed by atoms with E-state index in [9.17, 15) is 10.1 Å². The van der Waals surface area contributed by atoms with Crippen LogP contribution in [0, 0.1) is 10.1 Å². The van der Waals surface area contributed by atoms with Crippen LogP contribution < -0.4 is 10.1 Å². The molecule has 1 aromatic carbocycles. The molecule has 5 nitrogen and oxygen atoms in total. The monoisotopic (exact) mass is 238 g/mol. The average molecular weight is 238 g/mol. The number of benzene rings is 1. The Labute approximate surface area is 101 Å². The number of ether oxygens (including phenoxy) is 1. The number of hydrogen-bond acceptors (Lipinski definition) is 4. The Bertz CT molecular complexity index is 374. The molecule has 1 N–H and O–H groups in total. The van der Waals surface area contributed by atoms with Crippen molar-refractivity contribution in [3.8, 4) is 5.75 Å². The van der Waals surface area contributed by atoms with Gasteiger partial charge in [-0.05, 0) is 39.8 Å². The van der Waals surface area contributed by atoms with Crippen molar-refractivity contribution in [3.05, 3.63) is 28.3 Å². The number of rotatable bonds is 5. The van der Waals surface area contributed by atoms with E-state index in [2.05, 4.69) is 5.32 Å². The lowest BCUT2D eigenvalue weighted by Crippen LogP contribution is -2.13. The number of hydrogen-bond donors (Lipinski definition) is 1. The molecule has 1 aromatic rings. The lowest BCUT2D eigenvalue weighted by atomic mass is 10.2. The summed E-state index contributed by atoms with van der Waals surface area (Å²) in [5.41, 5.74) is 0.484. The third-order valence-corrected chi connectivity index (χ3v) is 1.99. The normalized spacial score (nSPS) is 10.7. The van der Waals surface area contributed by atoms with Gasteiger partial charge in [-0.2, -0.15) is 0 Å². The van der Waals surface area contributed by atoms with Crippen LogP contribution in [0.2, 0.25) is 0 Å². The molecule has 0 bridgehead atoms. The summed E-state index contributed by atoms with van der Waals surface area (Å²) in [5.74, 6) is 0.302. The second-order valence-corrected chi connectivity index (χ2v) is 4.38. The Morgan fingerprint density at radius 3 is 2.41 bits per heavy atom. The number of nitrogens with zero attached hydrogens (tertiary/aromatic N) is 1. The SMILES string of the molecule is CC(C)Nc1cccc(OC(C)C)c1[N+](=O)[O-]. The molecule has 0 heterocycles. The van der Waals surface area contributed by atoms with Gasteiger partial charge < -0.3 is 10.1 Å². The molecule has 0 fully saturated rings. The lowest BCUT2D eigenvalue weighted by Gasteiger charge is -2.14. The minimum Gasteiger partial charge on any atom is -0.484 e. The van der Waals surface area contributed by atoms with Gasteiger partial charge in [0.05, 0.1) is 11.0 Å². The number of para-hydroxylation sites is 1. The summed E-state index contributed by atoms with van der Waals surface area (Å²) in [4.78, 5) is 10.7. The van der Waals surface area contributed by atoms with E-state index in [0.717, 1.165) is 0 Å². The van der Waals surface area contributed by atoms with Gasteiger partial charge in [-0.1, -0.05) is 6.07 Å². The summed E-state index contributed by atoms with van der Waals surface area (Å²) < 4.78 is 5.45. The van der Waals surface area contributed by atoms with E-state index < -0.39 is 4.92 Å². The minimum absolute atomic E-state index is 0.00472. The van der Waals surface area contributed by atoms with Gasteiger partial charge in [0.25, 0.3) is 0 Å². The Hall–Kier alpha value is -1.78. The Morgan fingerprint density at radius 2 is 1.94 bits per heavy atom. The fourth-order valence-electron chi connectivity index (χ4n) is 1.49. The van der Waals surface area contributed by atoms with Crippen LogP contribution in [-0.2, 0) is 0 Å². The Morgan fingerprint density at radius 1 is 1.29 bits per heavy atom. The van der Waals surface area contributed by atoms with Gasteiger partial charge in [0.1, 0.15) is 5.69 Å². The van der Waals surface area contributed by atoms with Crippen molar-refractivity contribution >= 4 is 11.4 Å². The van der Waals surface area contributed by atoms with Crippen molar-refractivity contribution in [2.75, 3.05) is 5.32 Å². The summed E-state index contributed by atoms with van der Waals surface area (Å²) in [6, 6.07) is 5.17. The molecule has 94 valence electrons. The molecule has 0 aromatic heterocycles. The van der Waals surface area contributed by atoms with E-state index in [0.29, 0.717) is 11.4 Å². The van der Waals surface area contributed by atoms with E-state index in [-0.39, 0.29) is 17.8 Å². The topological polar surface area (TPSA) is 64.4 Å². The van der Waals surface area contributed by atoms with Gasteiger partial charge in [-0.15, -0.1) is 0 Å². The highest BCUT2D eigenvalue weighted by Crippen LogP contribution is 2.35. The van der Waals surface area contributed by atoms with Crippen molar-refractivity contribution in [2.45, 2.75) is 39.8 Å². The number of nitrogens with one attached hydrogen (secondary N) is 1. The maximum Gasteiger partial charge on any atom is 0.333 e. The number of nitro benzene ring substituents is 1. The van der Waals surface area contributed by atoms with Gasteiger partial charge >= 0.3 is 5.69 Å². The quantitative estimate of drug-likeness (QED) is 0.632. The molecular formula is C12H18N2O3. The van der Waals surface area contributed by atoms with E-state index in [1.54, 1.807) is 18.2 Å². The Balaban J connectivity index is 3.17. The molecular weight excluding hydrogens is 220 g/mol. The van der Waals surface area contributed by atoms with Crippen LogP contribution in [0.5, 0.6) is 5.75 Å². The first kappa shape index (κ1) is 13.3. The van der Waals surface area contributed by atoms with E-state index in [1.807, 2.05) is 27.7 Å². The summed E-state index contributed by atoms with van der Waals surface area (Å²) in [7, 11) is 0. The number of nitro groups is 1. The molecule has 5 heteroatoms. The maximum absolute atomic E-state index is 11.1. The van der Waals surface area contributed by atoms with Crippen LogP contribution in [0.15, 0.2) is 18.2 Å². The average Bonchev–Trinajstić information content (AvgIpc) is 2.14. The standard InChI is InChI=1S/C12H18N2O3/c1-8(2)13-10-6-5-7-11(17-9(3)4)12(10)14(15)16/h5-9,13H,1-4H3. The highest BCUT2D eigenvalue weighted by molar-refractivity contribution is 5.68. The van der Waals surface area contributed by atoms with Gasteiger partial charge in [0, 0.05) is 6.04 Å². The molecule has 0 amide bonds. The van der Waals surface area contributed by atoms with Crippen LogP contribution in [0.3, 0.4) is 0 Å². The molecule has 17 heavy (non-hydrogen) atoms. The second-order valence-electron chi connectivity index (χ2n) is 4.38. The van der Waals surface area contributed by atoms with Crippen LogP contribution in [0.1, 0.15) is 27.7 Å². The van der Waals surface area contributed by atoms with Crippen LogP contribution in [-0.4, -0.2) is 17.1 Å². The molecule has 1 rings (SSSR count). The highest BCUT2D eigenvalue weighted by Gasteiger charge is 2.21. The number of anilines is 1. The fourth-order valence-corrected chi connectivity index (χ4v) is 1.49. The van der Waals surface area contributed by atoms with Gasteiger partial charge in [-0.25, -0.2) is 0 Å². The first-order valence-electron chi connectivity index (χ1n) is 5.62. The summed E-state index contributed by atoms with van der Waals surface area (Å²) in [6.45, 7) is 7.54. The van der Waals surface area contributed by atoms with Crippen molar-refractivity contribution in [1.82, 2.24) is 0 Å². The molecule has 0 aliphatic rings. The smallest absolute Gasteiger partial charge is 0.333 e. The van der Waals surface area contributed by atoms with Crippen molar-refractivity contribution in [3.63, 3.8) is 0 Å². The first-order chi connectivity index (χ1) is 7.91. The van der Waals surface area contributed by atoms with Gasteiger partial charge in [-0.3, -0.25) is 10.1 Å². The lowest BCUT2D eigenvalue weighted by molar-refractivity contribution is -0.385. The molecule has 0 spiro atoms. The molecule has 0 aliphatic carbocycles. The summed E-state index contributed by atoms with van der Waals surface area (Å²) in [6.07, 6.45) is -0.0944. The minimum atomic E-state index is -0.414. The Kier molecular flexibility index (Phi) is 4.31. The van der Waals surface area contributed by atoms with Crippen molar-refractivity contribution in [2.24, 2.45) is 0 Å². The van der Waals surface area contributed by atoms with Crippen LogP contribution in [0.4, 0.5) is 11.4 Å². The van der Waals surface area contributed by atoms with Crippen LogP contribution >= 0.6 is 0 Å². The second kappa shape index (κ2) is 5.52. The fraction of sp³-hybridized carbons (Fsp3) is 0.500. The van der Waals surface area contributed by atoms with Gasteiger partial charge in [0.15, 0.2) is 5.75 Å². The zero-order chi connectivity index (χ0) is 13.0. The third-order valence-electron chi connectivity index (χ3n) is 1.99. The van der Waals surface area contributed by atoms with Crippen molar-refractivity contribution in [1.29, 1.82) is 0 Å². The molecule has 0 unspecified atom stereocenters. The van der Waals surface area contributed by atoms with E-state index >= 15 is 0 Å². The molecule has 0 aliphatic heterocycles. The molecule has 0 atom stereocenters.